The average Bonchev–Trinajstić information content (AvgIpc) is 2.52. The molecule has 0 amide bonds. The minimum atomic E-state index is 0.217. The van der Waals surface area contributed by atoms with Gasteiger partial charge in [-0.25, -0.2) is 0 Å². The molecule has 1 aromatic heterocycles. The summed E-state index contributed by atoms with van der Waals surface area (Å²) < 4.78 is 5.22. The highest BCUT2D eigenvalue weighted by atomic mass is 79.9. The van der Waals surface area contributed by atoms with Crippen LogP contribution < -0.4 is 0 Å². The number of furan rings is 1. The molecule has 1 heterocycles. The number of rotatable bonds is 1. The van der Waals surface area contributed by atoms with E-state index in [1.807, 2.05) is 0 Å². The van der Waals surface area contributed by atoms with E-state index in [-0.39, 0.29) is 5.78 Å². The maximum absolute atomic E-state index is 11.4. The summed E-state index contributed by atoms with van der Waals surface area (Å²) in [6, 6.07) is 1.77. The summed E-state index contributed by atoms with van der Waals surface area (Å²) in [5.74, 6) is 1.49. The fourth-order valence-corrected chi connectivity index (χ4v) is 2.02. The van der Waals surface area contributed by atoms with Crippen LogP contribution in [-0.2, 0) is 6.42 Å². The fourth-order valence-electron chi connectivity index (χ4n) is 1.56. The lowest BCUT2D eigenvalue weighted by atomic mass is 9.89. The lowest BCUT2D eigenvalue weighted by Gasteiger charge is -2.17. The van der Waals surface area contributed by atoms with Gasteiger partial charge in [0.15, 0.2) is 5.78 Å². The van der Waals surface area contributed by atoms with Crippen molar-refractivity contribution in [2.45, 2.75) is 12.8 Å². The summed E-state index contributed by atoms with van der Waals surface area (Å²) in [4.78, 5) is 11.4. The van der Waals surface area contributed by atoms with Crippen LogP contribution in [0.3, 0.4) is 0 Å². The summed E-state index contributed by atoms with van der Waals surface area (Å²) in [7, 11) is 0. The number of carbonyl (C=O) groups is 1. The Kier molecular flexibility index (Phi) is 2.05. The van der Waals surface area contributed by atoms with Crippen LogP contribution in [0.25, 0.3) is 0 Å². The van der Waals surface area contributed by atoms with E-state index in [0.29, 0.717) is 12.3 Å². The van der Waals surface area contributed by atoms with Gasteiger partial charge in [0.05, 0.1) is 11.8 Å². The zero-order valence-electron chi connectivity index (χ0n) is 6.55. The van der Waals surface area contributed by atoms with Gasteiger partial charge in [0, 0.05) is 18.2 Å². The summed E-state index contributed by atoms with van der Waals surface area (Å²) >= 11 is 3.38. The molecule has 0 saturated carbocycles. The number of fused-ring (bicyclic) bond motifs is 1. The van der Waals surface area contributed by atoms with Crippen LogP contribution in [0.15, 0.2) is 16.7 Å². The number of hydrogen-bond acceptors (Lipinski definition) is 2. The van der Waals surface area contributed by atoms with E-state index in [0.717, 1.165) is 23.1 Å². The zero-order valence-corrected chi connectivity index (χ0v) is 8.13. The number of ketones is 1. The van der Waals surface area contributed by atoms with E-state index in [4.69, 9.17) is 4.42 Å². The van der Waals surface area contributed by atoms with Crippen molar-refractivity contribution in [3.8, 4) is 0 Å². The first-order valence-electron chi connectivity index (χ1n) is 3.97. The number of hydrogen-bond donors (Lipinski definition) is 0. The van der Waals surface area contributed by atoms with Crippen LogP contribution in [0.5, 0.6) is 0 Å². The SMILES string of the molecule is O=C1C[C@H](CBr)Cc2occc21. The second-order valence-electron chi connectivity index (χ2n) is 3.11. The molecular formula is C9H9BrO2. The van der Waals surface area contributed by atoms with Crippen molar-refractivity contribution in [3.05, 3.63) is 23.7 Å². The Morgan fingerprint density at radius 1 is 1.58 bits per heavy atom. The number of carbonyl (C=O) groups excluding carboxylic acids is 1. The van der Waals surface area contributed by atoms with Gasteiger partial charge in [0.25, 0.3) is 0 Å². The standard InChI is InChI=1S/C9H9BrO2/c10-5-6-3-8(11)7-1-2-12-9(7)4-6/h1-2,6H,3-5H2/t6-/m0/s1. The third kappa shape index (κ3) is 1.22. The maximum Gasteiger partial charge on any atom is 0.166 e. The van der Waals surface area contributed by atoms with Crippen LogP contribution in [-0.4, -0.2) is 11.1 Å². The van der Waals surface area contributed by atoms with Crippen molar-refractivity contribution in [2.24, 2.45) is 5.92 Å². The van der Waals surface area contributed by atoms with Crippen LogP contribution in [0.2, 0.25) is 0 Å². The Hall–Kier alpha value is -0.570. The first-order chi connectivity index (χ1) is 5.81. The molecule has 1 aromatic rings. The Morgan fingerprint density at radius 2 is 2.42 bits per heavy atom. The monoisotopic (exact) mass is 228 g/mol. The molecular weight excluding hydrogens is 220 g/mol. The van der Waals surface area contributed by atoms with Crippen LogP contribution in [0.4, 0.5) is 0 Å². The highest BCUT2D eigenvalue weighted by molar-refractivity contribution is 9.09. The third-order valence-electron chi connectivity index (χ3n) is 2.21. The van der Waals surface area contributed by atoms with Crippen molar-refractivity contribution in [1.29, 1.82) is 0 Å². The van der Waals surface area contributed by atoms with Crippen LogP contribution in [0.1, 0.15) is 22.5 Å². The van der Waals surface area contributed by atoms with E-state index in [9.17, 15) is 4.79 Å². The molecule has 0 radical (unpaired) electrons. The average molecular weight is 229 g/mol. The number of halogens is 1. The largest absolute Gasteiger partial charge is 0.469 e. The molecule has 0 spiro atoms. The minimum absolute atomic E-state index is 0.217. The van der Waals surface area contributed by atoms with Crippen molar-refractivity contribution < 1.29 is 9.21 Å². The highest BCUT2D eigenvalue weighted by Crippen LogP contribution is 2.27. The van der Waals surface area contributed by atoms with Gasteiger partial charge in [-0.15, -0.1) is 0 Å². The first-order valence-corrected chi connectivity index (χ1v) is 5.09. The van der Waals surface area contributed by atoms with Gasteiger partial charge in [-0.2, -0.15) is 0 Å². The molecule has 0 aliphatic heterocycles. The van der Waals surface area contributed by atoms with Gasteiger partial charge in [-0.05, 0) is 12.0 Å². The summed E-state index contributed by atoms with van der Waals surface area (Å²) in [5.41, 5.74) is 0.784. The maximum atomic E-state index is 11.4. The molecule has 0 saturated heterocycles. The Labute approximate surface area is 79.1 Å². The Bertz CT molecular complexity index is 303. The molecule has 2 nitrogen and oxygen atoms in total. The molecule has 0 unspecified atom stereocenters. The molecule has 1 aliphatic carbocycles. The predicted octanol–water partition coefficient (Wildman–Crippen LogP) is 2.42. The number of alkyl halides is 1. The zero-order chi connectivity index (χ0) is 8.55. The molecule has 1 atom stereocenters. The first kappa shape index (κ1) is 8.05. The molecule has 0 aromatic carbocycles. The van der Waals surface area contributed by atoms with Crippen LogP contribution in [0, 0.1) is 5.92 Å². The predicted molar refractivity (Wildman–Crippen MR) is 48.6 cm³/mol. The van der Waals surface area contributed by atoms with Crippen LogP contribution >= 0.6 is 15.9 Å². The van der Waals surface area contributed by atoms with E-state index in [1.165, 1.54) is 0 Å². The van der Waals surface area contributed by atoms with E-state index < -0.39 is 0 Å². The molecule has 12 heavy (non-hydrogen) atoms. The van der Waals surface area contributed by atoms with Gasteiger partial charge in [-0.1, -0.05) is 15.9 Å². The number of Topliss-reactive ketones (excluding diaryl/α,β-unsaturated/α-hetero) is 1. The van der Waals surface area contributed by atoms with Gasteiger partial charge < -0.3 is 4.42 Å². The highest BCUT2D eigenvalue weighted by Gasteiger charge is 2.26. The molecule has 2 rings (SSSR count). The van der Waals surface area contributed by atoms with Crippen molar-refractivity contribution in [1.82, 2.24) is 0 Å². The van der Waals surface area contributed by atoms with E-state index in [2.05, 4.69) is 15.9 Å². The molecule has 0 fully saturated rings. The fraction of sp³-hybridized carbons (Fsp3) is 0.444. The van der Waals surface area contributed by atoms with Gasteiger partial charge in [0.2, 0.25) is 0 Å². The molecule has 0 N–H and O–H groups in total. The smallest absolute Gasteiger partial charge is 0.166 e. The van der Waals surface area contributed by atoms with Crippen molar-refractivity contribution >= 4 is 21.7 Å². The van der Waals surface area contributed by atoms with Crippen molar-refractivity contribution in [3.63, 3.8) is 0 Å². The Morgan fingerprint density at radius 3 is 3.17 bits per heavy atom. The second kappa shape index (κ2) is 3.05. The minimum Gasteiger partial charge on any atom is -0.469 e. The topological polar surface area (TPSA) is 30.2 Å². The second-order valence-corrected chi connectivity index (χ2v) is 3.76. The lowest BCUT2D eigenvalue weighted by molar-refractivity contribution is 0.0950. The van der Waals surface area contributed by atoms with Gasteiger partial charge in [0.1, 0.15) is 5.76 Å². The Balaban J connectivity index is 2.32. The van der Waals surface area contributed by atoms with E-state index in [1.54, 1.807) is 12.3 Å². The molecule has 1 aliphatic rings. The third-order valence-corrected chi connectivity index (χ3v) is 3.13. The van der Waals surface area contributed by atoms with E-state index >= 15 is 0 Å². The normalized spacial score (nSPS) is 22.4. The van der Waals surface area contributed by atoms with Gasteiger partial charge >= 0.3 is 0 Å². The summed E-state index contributed by atoms with van der Waals surface area (Å²) in [5, 5.41) is 0.874. The van der Waals surface area contributed by atoms with Gasteiger partial charge in [-0.3, -0.25) is 4.79 Å². The summed E-state index contributed by atoms with van der Waals surface area (Å²) in [6.07, 6.45) is 3.14. The molecule has 3 heteroatoms. The van der Waals surface area contributed by atoms with Crippen molar-refractivity contribution in [2.75, 3.05) is 5.33 Å². The molecule has 0 bridgehead atoms. The summed E-state index contributed by atoms with van der Waals surface area (Å²) in [6.45, 7) is 0. The lowest BCUT2D eigenvalue weighted by Crippen LogP contribution is -2.19. The quantitative estimate of drug-likeness (QED) is 0.692. The molecule has 64 valence electrons.